The molecular weight excluding hydrogens is 352 g/mol. The first-order chi connectivity index (χ1) is 12.6. The molecule has 0 unspecified atom stereocenters. The minimum Gasteiger partial charge on any atom is -0.481 e. The van der Waals surface area contributed by atoms with Gasteiger partial charge < -0.3 is 13.6 Å². The topological polar surface area (TPSA) is 52.6 Å². The normalized spacial score (nSPS) is 11.0. The number of rotatable bonds is 4. The maximum absolute atomic E-state index is 13.0. The van der Waals surface area contributed by atoms with Crippen molar-refractivity contribution < 1.29 is 13.6 Å². The summed E-state index contributed by atoms with van der Waals surface area (Å²) in [6.07, 6.45) is 1.52. The highest BCUT2D eigenvalue weighted by atomic mass is 35.5. The van der Waals surface area contributed by atoms with E-state index in [4.69, 9.17) is 25.2 Å². The van der Waals surface area contributed by atoms with Crippen LogP contribution in [0.5, 0.6) is 5.75 Å². The molecule has 0 aliphatic rings. The zero-order valence-electron chi connectivity index (χ0n) is 14.0. The molecule has 130 valence electrons. The SMILES string of the molecule is Cc1cccc(COc2c(-c3ccco3)oc3ccc(Cl)cc3c2=O)c1. The van der Waals surface area contributed by atoms with Gasteiger partial charge in [0.25, 0.3) is 0 Å². The Labute approximate surface area is 154 Å². The Bertz CT molecular complexity index is 1130. The molecule has 0 fully saturated rings. The largest absolute Gasteiger partial charge is 0.481 e. The molecule has 2 aromatic heterocycles. The number of furan rings is 1. The van der Waals surface area contributed by atoms with Crippen LogP contribution in [0.4, 0.5) is 0 Å². The van der Waals surface area contributed by atoms with Gasteiger partial charge in [-0.15, -0.1) is 0 Å². The van der Waals surface area contributed by atoms with Gasteiger partial charge in [0.05, 0.1) is 11.6 Å². The van der Waals surface area contributed by atoms with Gasteiger partial charge in [-0.05, 0) is 42.8 Å². The summed E-state index contributed by atoms with van der Waals surface area (Å²) in [6, 6.07) is 16.3. The molecule has 0 bridgehead atoms. The molecule has 0 amide bonds. The van der Waals surface area contributed by atoms with E-state index in [1.165, 1.54) is 6.26 Å². The van der Waals surface area contributed by atoms with Gasteiger partial charge in [0.15, 0.2) is 5.76 Å². The second-order valence-electron chi connectivity index (χ2n) is 5.98. The molecule has 4 rings (SSSR count). The quantitative estimate of drug-likeness (QED) is 0.472. The standard InChI is InChI=1S/C21H15ClO4/c1-13-4-2-5-14(10-13)12-25-21-19(23)16-11-15(22)7-8-17(16)26-20(21)18-6-3-9-24-18/h2-11H,12H2,1H3. The van der Waals surface area contributed by atoms with E-state index in [0.717, 1.165) is 11.1 Å². The molecule has 0 N–H and O–H groups in total. The Hall–Kier alpha value is -2.98. The fraction of sp³-hybridized carbons (Fsp3) is 0.0952. The van der Waals surface area contributed by atoms with Crippen LogP contribution in [-0.2, 0) is 6.61 Å². The second kappa shape index (κ2) is 6.73. The van der Waals surface area contributed by atoms with Crippen LogP contribution < -0.4 is 10.2 Å². The predicted molar refractivity (Wildman–Crippen MR) is 101 cm³/mol. The first-order valence-corrected chi connectivity index (χ1v) is 8.48. The van der Waals surface area contributed by atoms with E-state index in [1.807, 2.05) is 31.2 Å². The van der Waals surface area contributed by atoms with Crippen LogP contribution in [0.15, 0.2) is 74.5 Å². The summed E-state index contributed by atoms with van der Waals surface area (Å²) in [5.41, 5.74) is 2.22. The second-order valence-corrected chi connectivity index (χ2v) is 6.42. The van der Waals surface area contributed by atoms with E-state index in [2.05, 4.69) is 0 Å². The lowest BCUT2D eigenvalue weighted by molar-refractivity contribution is 0.296. The molecule has 0 aliphatic heterocycles. The Morgan fingerprint density at radius 3 is 2.73 bits per heavy atom. The van der Waals surface area contributed by atoms with Crippen LogP contribution in [0.3, 0.4) is 0 Å². The van der Waals surface area contributed by atoms with Crippen molar-refractivity contribution in [1.29, 1.82) is 0 Å². The number of fused-ring (bicyclic) bond motifs is 1. The van der Waals surface area contributed by atoms with Crippen molar-refractivity contribution in [3.05, 3.63) is 87.2 Å². The van der Waals surface area contributed by atoms with Gasteiger partial charge in [-0.2, -0.15) is 0 Å². The molecule has 0 saturated heterocycles. The number of hydrogen-bond acceptors (Lipinski definition) is 4. The van der Waals surface area contributed by atoms with Crippen molar-refractivity contribution in [2.24, 2.45) is 0 Å². The Morgan fingerprint density at radius 2 is 1.96 bits per heavy atom. The zero-order chi connectivity index (χ0) is 18.1. The zero-order valence-corrected chi connectivity index (χ0v) is 14.7. The minimum atomic E-state index is -0.284. The predicted octanol–water partition coefficient (Wildman–Crippen LogP) is 5.59. The van der Waals surface area contributed by atoms with E-state index in [1.54, 1.807) is 30.3 Å². The third kappa shape index (κ3) is 3.11. The van der Waals surface area contributed by atoms with Gasteiger partial charge in [-0.3, -0.25) is 4.79 Å². The third-order valence-electron chi connectivity index (χ3n) is 4.02. The lowest BCUT2D eigenvalue weighted by Gasteiger charge is -2.11. The van der Waals surface area contributed by atoms with E-state index in [-0.39, 0.29) is 23.5 Å². The van der Waals surface area contributed by atoms with E-state index < -0.39 is 0 Å². The molecule has 0 aliphatic carbocycles. The van der Waals surface area contributed by atoms with E-state index >= 15 is 0 Å². The minimum absolute atomic E-state index is 0.108. The van der Waals surface area contributed by atoms with Gasteiger partial charge in [-0.1, -0.05) is 41.4 Å². The molecule has 0 saturated carbocycles. The van der Waals surface area contributed by atoms with Gasteiger partial charge >= 0.3 is 0 Å². The lowest BCUT2D eigenvalue weighted by Crippen LogP contribution is -2.10. The fourth-order valence-electron chi connectivity index (χ4n) is 2.81. The highest BCUT2D eigenvalue weighted by Gasteiger charge is 2.20. The van der Waals surface area contributed by atoms with Crippen molar-refractivity contribution in [2.75, 3.05) is 0 Å². The summed E-state index contributed by atoms with van der Waals surface area (Å²) in [7, 11) is 0. The molecule has 2 heterocycles. The summed E-state index contributed by atoms with van der Waals surface area (Å²) in [5, 5.41) is 0.826. The molecule has 5 heteroatoms. The first kappa shape index (κ1) is 16.5. The van der Waals surface area contributed by atoms with Crippen molar-refractivity contribution in [3.63, 3.8) is 0 Å². The lowest BCUT2D eigenvalue weighted by atomic mass is 10.1. The van der Waals surface area contributed by atoms with Crippen LogP contribution >= 0.6 is 11.6 Å². The number of hydrogen-bond donors (Lipinski definition) is 0. The Morgan fingerprint density at radius 1 is 1.08 bits per heavy atom. The summed E-state index contributed by atoms with van der Waals surface area (Å²) in [5.74, 6) is 0.803. The van der Waals surface area contributed by atoms with Crippen LogP contribution in [0.2, 0.25) is 5.02 Å². The van der Waals surface area contributed by atoms with Gasteiger partial charge in [0.1, 0.15) is 12.2 Å². The maximum Gasteiger partial charge on any atom is 0.235 e. The van der Waals surface area contributed by atoms with Crippen molar-refractivity contribution in [1.82, 2.24) is 0 Å². The molecule has 0 radical (unpaired) electrons. The molecule has 26 heavy (non-hydrogen) atoms. The van der Waals surface area contributed by atoms with Gasteiger partial charge in [0.2, 0.25) is 16.9 Å². The summed E-state index contributed by atoms with van der Waals surface area (Å²) in [4.78, 5) is 13.0. The maximum atomic E-state index is 13.0. The monoisotopic (exact) mass is 366 g/mol. The summed E-state index contributed by atoms with van der Waals surface area (Å²) < 4.78 is 17.2. The van der Waals surface area contributed by atoms with Crippen molar-refractivity contribution in [2.45, 2.75) is 13.5 Å². The van der Waals surface area contributed by atoms with E-state index in [9.17, 15) is 4.79 Å². The Kier molecular flexibility index (Phi) is 4.27. The van der Waals surface area contributed by atoms with Crippen molar-refractivity contribution in [3.8, 4) is 17.3 Å². The summed E-state index contributed by atoms with van der Waals surface area (Å²) in [6.45, 7) is 2.25. The van der Waals surface area contributed by atoms with Gasteiger partial charge in [0, 0.05) is 5.02 Å². The van der Waals surface area contributed by atoms with Crippen LogP contribution in [0.1, 0.15) is 11.1 Å². The highest BCUT2D eigenvalue weighted by molar-refractivity contribution is 6.31. The average Bonchev–Trinajstić information content (AvgIpc) is 3.16. The molecular formula is C21H15ClO4. The molecule has 2 aromatic carbocycles. The third-order valence-corrected chi connectivity index (χ3v) is 4.26. The number of aryl methyl sites for hydroxylation is 1. The average molecular weight is 367 g/mol. The number of halogens is 1. The number of ether oxygens (including phenoxy) is 1. The van der Waals surface area contributed by atoms with Crippen molar-refractivity contribution >= 4 is 22.6 Å². The number of benzene rings is 2. The molecule has 4 aromatic rings. The molecule has 4 nitrogen and oxygen atoms in total. The smallest absolute Gasteiger partial charge is 0.235 e. The highest BCUT2D eigenvalue weighted by Crippen LogP contribution is 2.32. The van der Waals surface area contributed by atoms with E-state index in [0.29, 0.717) is 21.8 Å². The van der Waals surface area contributed by atoms with Crippen LogP contribution in [0.25, 0.3) is 22.5 Å². The van der Waals surface area contributed by atoms with Gasteiger partial charge in [-0.25, -0.2) is 0 Å². The van der Waals surface area contributed by atoms with Crippen LogP contribution in [-0.4, -0.2) is 0 Å². The van der Waals surface area contributed by atoms with Crippen LogP contribution in [0, 0.1) is 6.92 Å². The fourth-order valence-corrected chi connectivity index (χ4v) is 2.98. The Balaban J connectivity index is 1.84. The molecule has 0 atom stereocenters. The summed E-state index contributed by atoms with van der Waals surface area (Å²) >= 11 is 6.03. The first-order valence-electron chi connectivity index (χ1n) is 8.10. The molecule has 0 spiro atoms.